The van der Waals surface area contributed by atoms with Crippen LogP contribution in [0.4, 0.5) is 5.69 Å². The molecule has 0 radical (unpaired) electrons. The predicted molar refractivity (Wildman–Crippen MR) is 76.4 cm³/mol. The van der Waals surface area contributed by atoms with Crippen molar-refractivity contribution >= 4 is 29.7 Å². The molecule has 0 aromatic heterocycles. The summed E-state index contributed by atoms with van der Waals surface area (Å²) in [7, 11) is 1.22. The predicted octanol–water partition coefficient (Wildman–Crippen LogP) is 1.27. The maximum Gasteiger partial charge on any atom is 0.348 e. The zero-order chi connectivity index (χ0) is 16.5. The van der Waals surface area contributed by atoms with E-state index in [0.29, 0.717) is 0 Å². The van der Waals surface area contributed by atoms with Crippen LogP contribution in [0.2, 0.25) is 0 Å². The number of methoxy groups -OCH3 is 1. The average molecular weight is 305 g/mol. The van der Waals surface area contributed by atoms with E-state index >= 15 is 0 Å². The van der Waals surface area contributed by atoms with Gasteiger partial charge < -0.3 is 19.9 Å². The van der Waals surface area contributed by atoms with Crippen LogP contribution in [-0.2, 0) is 23.8 Å². The lowest BCUT2D eigenvalue weighted by atomic mass is 10.0. The molecular formula is C15H15NO6. The van der Waals surface area contributed by atoms with Gasteiger partial charge in [0.25, 0.3) is 5.79 Å². The minimum absolute atomic E-state index is 0.125. The Balaban J connectivity index is 2.52. The molecule has 22 heavy (non-hydrogen) atoms. The van der Waals surface area contributed by atoms with Crippen LogP contribution in [0.5, 0.6) is 0 Å². The number of ether oxygens (including phenoxy) is 3. The smallest absolute Gasteiger partial charge is 0.348 e. The van der Waals surface area contributed by atoms with Gasteiger partial charge in [-0.3, -0.25) is 0 Å². The van der Waals surface area contributed by atoms with Gasteiger partial charge in [0.1, 0.15) is 5.57 Å². The van der Waals surface area contributed by atoms with Gasteiger partial charge in [-0.25, -0.2) is 14.4 Å². The Morgan fingerprint density at radius 3 is 2.36 bits per heavy atom. The second-order valence-corrected chi connectivity index (χ2v) is 5.04. The van der Waals surface area contributed by atoms with Crippen LogP contribution < -0.4 is 5.73 Å². The SMILES string of the molecule is COC(=O)c1cccc(N)c1C=C1C(=O)OC(C)(C)OC1=O. The topological polar surface area (TPSA) is 105 Å². The lowest BCUT2D eigenvalue weighted by Crippen LogP contribution is -2.41. The average Bonchev–Trinajstić information content (AvgIpc) is 2.42. The van der Waals surface area contributed by atoms with Crippen LogP contribution in [0.1, 0.15) is 29.8 Å². The molecule has 1 heterocycles. The van der Waals surface area contributed by atoms with E-state index in [2.05, 4.69) is 4.74 Å². The second-order valence-electron chi connectivity index (χ2n) is 5.04. The molecule has 2 N–H and O–H groups in total. The molecule has 1 saturated heterocycles. The molecule has 2 rings (SSSR count). The molecule has 1 aromatic rings. The van der Waals surface area contributed by atoms with Gasteiger partial charge in [-0.05, 0) is 18.2 Å². The van der Waals surface area contributed by atoms with E-state index in [-0.39, 0.29) is 22.4 Å². The van der Waals surface area contributed by atoms with Gasteiger partial charge in [0.15, 0.2) is 0 Å². The first-order chi connectivity index (χ1) is 10.2. The van der Waals surface area contributed by atoms with Gasteiger partial charge in [-0.2, -0.15) is 0 Å². The summed E-state index contributed by atoms with van der Waals surface area (Å²) in [5.41, 5.74) is 6.00. The number of hydrogen-bond donors (Lipinski definition) is 1. The van der Waals surface area contributed by atoms with Crippen LogP contribution in [0.25, 0.3) is 6.08 Å². The highest BCUT2D eigenvalue weighted by Crippen LogP contribution is 2.27. The summed E-state index contributed by atoms with van der Waals surface area (Å²) in [6.45, 7) is 2.88. The van der Waals surface area contributed by atoms with Gasteiger partial charge >= 0.3 is 17.9 Å². The molecule has 116 valence electrons. The van der Waals surface area contributed by atoms with Crippen LogP contribution >= 0.6 is 0 Å². The van der Waals surface area contributed by atoms with Crippen molar-refractivity contribution in [3.05, 3.63) is 34.9 Å². The van der Waals surface area contributed by atoms with Crippen LogP contribution in [-0.4, -0.2) is 30.8 Å². The summed E-state index contributed by atoms with van der Waals surface area (Å²) in [5.74, 6) is -3.67. The van der Waals surface area contributed by atoms with E-state index in [0.717, 1.165) is 0 Å². The zero-order valence-electron chi connectivity index (χ0n) is 12.3. The number of benzene rings is 1. The van der Waals surface area contributed by atoms with E-state index in [9.17, 15) is 14.4 Å². The maximum atomic E-state index is 11.9. The molecule has 1 aromatic carbocycles. The Bertz CT molecular complexity index is 667. The minimum Gasteiger partial charge on any atom is -0.465 e. The third-order valence-corrected chi connectivity index (χ3v) is 2.95. The summed E-state index contributed by atoms with van der Waals surface area (Å²) in [6.07, 6.45) is 1.17. The first-order valence-electron chi connectivity index (χ1n) is 6.40. The molecule has 0 bridgehead atoms. The van der Waals surface area contributed by atoms with Crippen molar-refractivity contribution in [2.45, 2.75) is 19.6 Å². The standard InChI is InChI=1S/C15H15NO6/c1-15(2)21-13(18)10(14(19)22-15)7-9-8(12(17)20-3)5-4-6-11(9)16/h4-7H,16H2,1-3H3. The van der Waals surface area contributed by atoms with Gasteiger partial charge in [0.05, 0.1) is 12.7 Å². The zero-order valence-corrected chi connectivity index (χ0v) is 12.3. The van der Waals surface area contributed by atoms with Crippen molar-refractivity contribution in [3.8, 4) is 0 Å². The van der Waals surface area contributed by atoms with Crippen molar-refractivity contribution in [2.75, 3.05) is 12.8 Å². The summed E-state index contributed by atoms with van der Waals surface area (Å²) in [4.78, 5) is 35.6. The number of carbonyl (C=O) groups is 3. The quantitative estimate of drug-likeness (QED) is 0.379. The fraction of sp³-hybridized carbons (Fsp3) is 0.267. The minimum atomic E-state index is -1.33. The van der Waals surface area contributed by atoms with Crippen molar-refractivity contribution in [2.24, 2.45) is 0 Å². The first kappa shape index (κ1) is 15.6. The van der Waals surface area contributed by atoms with Crippen molar-refractivity contribution in [1.82, 2.24) is 0 Å². The fourth-order valence-corrected chi connectivity index (χ4v) is 1.95. The molecular weight excluding hydrogens is 290 g/mol. The molecule has 0 atom stereocenters. The van der Waals surface area contributed by atoms with Crippen molar-refractivity contribution < 1.29 is 28.6 Å². The van der Waals surface area contributed by atoms with Gasteiger partial charge in [-0.15, -0.1) is 0 Å². The van der Waals surface area contributed by atoms with E-state index in [1.807, 2.05) is 0 Å². The Morgan fingerprint density at radius 1 is 1.23 bits per heavy atom. The van der Waals surface area contributed by atoms with Crippen molar-refractivity contribution in [3.63, 3.8) is 0 Å². The van der Waals surface area contributed by atoms with E-state index in [4.69, 9.17) is 15.2 Å². The van der Waals surface area contributed by atoms with Crippen LogP contribution in [0, 0.1) is 0 Å². The molecule has 0 spiro atoms. The summed E-state index contributed by atoms with van der Waals surface area (Å²) in [6, 6.07) is 4.56. The second kappa shape index (κ2) is 5.51. The molecule has 1 fully saturated rings. The number of cyclic esters (lactones) is 2. The molecule has 1 aliphatic heterocycles. The normalized spacial score (nSPS) is 16.6. The van der Waals surface area contributed by atoms with Crippen molar-refractivity contribution in [1.29, 1.82) is 0 Å². The largest absolute Gasteiger partial charge is 0.465 e. The molecule has 7 heteroatoms. The van der Waals surface area contributed by atoms with Gasteiger partial charge in [-0.1, -0.05) is 6.07 Å². The summed E-state index contributed by atoms with van der Waals surface area (Å²) in [5, 5.41) is 0. The Morgan fingerprint density at radius 2 is 1.82 bits per heavy atom. The molecule has 0 unspecified atom stereocenters. The lowest BCUT2D eigenvalue weighted by Gasteiger charge is -2.29. The monoisotopic (exact) mass is 305 g/mol. The summed E-state index contributed by atoms with van der Waals surface area (Å²) < 4.78 is 14.6. The maximum absolute atomic E-state index is 11.9. The molecule has 7 nitrogen and oxygen atoms in total. The Kier molecular flexibility index (Phi) is 3.90. The highest BCUT2D eigenvalue weighted by atomic mass is 16.7. The first-order valence-corrected chi connectivity index (χ1v) is 6.40. The summed E-state index contributed by atoms with van der Waals surface area (Å²) >= 11 is 0. The van der Waals surface area contributed by atoms with E-state index in [1.54, 1.807) is 6.07 Å². The third-order valence-electron chi connectivity index (χ3n) is 2.95. The number of nitrogens with two attached hydrogens (primary N) is 1. The molecule has 0 aliphatic carbocycles. The van der Waals surface area contributed by atoms with Gasteiger partial charge in [0, 0.05) is 25.1 Å². The third kappa shape index (κ3) is 2.93. The molecule has 0 amide bonds. The Hall–Kier alpha value is -2.83. The van der Waals surface area contributed by atoms with E-state index < -0.39 is 23.7 Å². The van der Waals surface area contributed by atoms with Crippen LogP contribution in [0.15, 0.2) is 23.8 Å². The number of rotatable bonds is 2. The molecule has 0 saturated carbocycles. The number of anilines is 1. The number of hydrogen-bond acceptors (Lipinski definition) is 7. The fourth-order valence-electron chi connectivity index (χ4n) is 1.95. The lowest BCUT2D eigenvalue weighted by molar-refractivity contribution is -0.222. The number of carbonyl (C=O) groups excluding carboxylic acids is 3. The highest BCUT2D eigenvalue weighted by molar-refractivity contribution is 6.19. The van der Waals surface area contributed by atoms with E-state index in [1.165, 1.54) is 39.2 Å². The highest BCUT2D eigenvalue weighted by Gasteiger charge is 2.39. The number of esters is 3. The van der Waals surface area contributed by atoms with Crippen LogP contribution in [0.3, 0.4) is 0 Å². The Labute approximate surface area is 126 Å². The number of nitrogen functional groups attached to an aromatic ring is 1. The molecule has 1 aliphatic rings. The van der Waals surface area contributed by atoms with Gasteiger partial charge in [0.2, 0.25) is 0 Å².